The Labute approximate surface area is 82.1 Å². The van der Waals surface area contributed by atoms with Gasteiger partial charge in [0.2, 0.25) is 0 Å². The molecule has 0 aromatic heterocycles. The highest BCUT2D eigenvalue weighted by Gasteiger charge is 2.32. The van der Waals surface area contributed by atoms with Gasteiger partial charge in [-0.25, -0.2) is 4.39 Å². The van der Waals surface area contributed by atoms with E-state index in [0.29, 0.717) is 6.07 Å². The second-order valence-electron chi connectivity index (χ2n) is 2.68. The first-order chi connectivity index (χ1) is 6.83. The fourth-order valence-electron chi connectivity index (χ4n) is 1.02. The third kappa shape index (κ3) is 2.98. The molecule has 0 atom stereocenters. The van der Waals surface area contributed by atoms with E-state index < -0.39 is 24.5 Å². The Bertz CT molecular complexity index is 364. The molecule has 3 nitrogen and oxygen atoms in total. The molecule has 0 aliphatic heterocycles. The number of nitrogens with two attached hydrogens (primary N) is 1. The molecular weight excluding hydrogens is 218 g/mol. The summed E-state index contributed by atoms with van der Waals surface area (Å²) in [7, 11) is 0. The van der Waals surface area contributed by atoms with Crippen LogP contribution in [0.2, 0.25) is 0 Å². The lowest BCUT2D eigenvalue weighted by atomic mass is 10.1. The van der Waals surface area contributed by atoms with Crippen LogP contribution >= 0.6 is 0 Å². The minimum Gasteiger partial charge on any atom is -0.405 e. The van der Waals surface area contributed by atoms with Crippen molar-refractivity contribution >= 4 is 5.69 Å². The van der Waals surface area contributed by atoms with Gasteiger partial charge in [0.05, 0.1) is 6.61 Å². The van der Waals surface area contributed by atoms with Crippen molar-refractivity contribution in [3.05, 3.63) is 23.5 Å². The molecule has 1 aromatic rings. The predicted molar refractivity (Wildman–Crippen MR) is 43.4 cm³/mol. The SMILES string of the molecule is Nc1cc(F)cc(OC(F)(F)F)c1CO. The molecule has 0 unspecified atom stereocenters. The Hall–Kier alpha value is -1.50. The van der Waals surface area contributed by atoms with Gasteiger partial charge in [-0.2, -0.15) is 0 Å². The van der Waals surface area contributed by atoms with E-state index >= 15 is 0 Å². The molecule has 7 heteroatoms. The summed E-state index contributed by atoms with van der Waals surface area (Å²) < 4.78 is 51.8. The molecule has 0 aliphatic rings. The highest BCUT2D eigenvalue weighted by Crippen LogP contribution is 2.30. The van der Waals surface area contributed by atoms with E-state index in [1.807, 2.05) is 0 Å². The van der Waals surface area contributed by atoms with Gasteiger partial charge in [-0.05, 0) is 6.07 Å². The van der Waals surface area contributed by atoms with Crippen molar-refractivity contribution in [2.24, 2.45) is 0 Å². The predicted octanol–water partition coefficient (Wildman–Crippen LogP) is 1.80. The van der Waals surface area contributed by atoms with Crippen LogP contribution in [0.4, 0.5) is 23.2 Å². The number of hydrogen-bond donors (Lipinski definition) is 2. The number of halogens is 4. The lowest BCUT2D eigenvalue weighted by Gasteiger charge is -2.13. The number of aliphatic hydroxyl groups excluding tert-OH is 1. The molecule has 0 saturated heterocycles. The molecule has 0 radical (unpaired) electrons. The number of rotatable bonds is 2. The van der Waals surface area contributed by atoms with Crippen LogP contribution in [-0.4, -0.2) is 11.5 Å². The van der Waals surface area contributed by atoms with Gasteiger partial charge in [0, 0.05) is 17.3 Å². The van der Waals surface area contributed by atoms with Gasteiger partial charge in [-0.1, -0.05) is 0 Å². The number of ether oxygens (including phenoxy) is 1. The maximum Gasteiger partial charge on any atom is 0.573 e. The number of hydrogen-bond acceptors (Lipinski definition) is 3. The summed E-state index contributed by atoms with van der Waals surface area (Å²) in [6.07, 6.45) is -4.95. The summed E-state index contributed by atoms with van der Waals surface area (Å²) in [6, 6.07) is 1.31. The van der Waals surface area contributed by atoms with Gasteiger partial charge in [-0.3, -0.25) is 0 Å². The van der Waals surface area contributed by atoms with Crippen LogP contribution in [-0.2, 0) is 6.61 Å². The zero-order valence-electron chi connectivity index (χ0n) is 7.31. The lowest BCUT2D eigenvalue weighted by Crippen LogP contribution is -2.18. The van der Waals surface area contributed by atoms with Gasteiger partial charge in [0.1, 0.15) is 11.6 Å². The first kappa shape index (κ1) is 11.6. The third-order valence-corrected chi connectivity index (χ3v) is 1.59. The van der Waals surface area contributed by atoms with Gasteiger partial charge in [0.15, 0.2) is 0 Å². The van der Waals surface area contributed by atoms with Crippen LogP contribution in [0.1, 0.15) is 5.56 Å². The molecule has 15 heavy (non-hydrogen) atoms. The van der Waals surface area contributed by atoms with Crippen molar-refractivity contribution in [3.8, 4) is 5.75 Å². The van der Waals surface area contributed by atoms with E-state index in [0.717, 1.165) is 6.07 Å². The summed E-state index contributed by atoms with van der Waals surface area (Å²) in [4.78, 5) is 0. The van der Waals surface area contributed by atoms with Gasteiger partial charge in [-0.15, -0.1) is 13.2 Å². The zero-order chi connectivity index (χ0) is 11.6. The monoisotopic (exact) mass is 225 g/mol. The van der Waals surface area contributed by atoms with Crippen LogP contribution in [0.15, 0.2) is 12.1 Å². The van der Waals surface area contributed by atoms with E-state index in [1.54, 1.807) is 0 Å². The molecule has 3 N–H and O–H groups in total. The van der Waals surface area contributed by atoms with Crippen LogP contribution < -0.4 is 10.5 Å². The minimum absolute atomic E-state index is 0.295. The first-order valence-corrected chi connectivity index (χ1v) is 3.78. The molecule has 0 aliphatic carbocycles. The fourth-order valence-corrected chi connectivity index (χ4v) is 1.02. The zero-order valence-corrected chi connectivity index (χ0v) is 7.31. The molecule has 1 rings (SSSR count). The average molecular weight is 225 g/mol. The van der Waals surface area contributed by atoms with Crippen molar-refractivity contribution in [2.75, 3.05) is 5.73 Å². The summed E-state index contributed by atoms with van der Waals surface area (Å²) in [5.74, 6) is -1.80. The summed E-state index contributed by atoms with van der Waals surface area (Å²) in [6.45, 7) is -0.766. The maximum atomic E-state index is 12.7. The lowest BCUT2D eigenvalue weighted by molar-refractivity contribution is -0.275. The Morgan fingerprint density at radius 3 is 2.40 bits per heavy atom. The molecule has 0 bridgehead atoms. The third-order valence-electron chi connectivity index (χ3n) is 1.59. The molecule has 84 valence electrons. The maximum absolute atomic E-state index is 12.7. The van der Waals surface area contributed by atoms with E-state index in [4.69, 9.17) is 10.8 Å². The van der Waals surface area contributed by atoms with Gasteiger partial charge in [0.25, 0.3) is 0 Å². The Kier molecular flexibility index (Phi) is 3.04. The minimum atomic E-state index is -4.95. The molecule has 0 amide bonds. The van der Waals surface area contributed by atoms with E-state index in [2.05, 4.69) is 4.74 Å². The highest BCUT2D eigenvalue weighted by atomic mass is 19.4. The number of nitrogen functional groups attached to an aromatic ring is 1. The average Bonchev–Trinajstić information content (AvgIpc) is 1.99. The molecule has 0 saturated carbocycles. The smallest absolute Gasteiger partial charge is 0.405 e. The van der Waals surface area contributed by atoms with Crippen molar-refractivity contribution in [1.82, 2.24) is 0 Å². The second-order valence-corrected chi connectivity index (χ2v) is 2.68. The normalized spacial score (nSPS) is 11.5. The number of anilines is 1. The quantitative estimate of drug-likeness (QED) is 0.596. The molecule has 1 aromatic carbocycles. The standard InChI is InChI=1S/C8H7F4NO2/c9-4-1-6(13)5(3-14)7(2-4)15-8(10,11)12/h1-2,14H,3,13H2. The van der Waals surface area contributed by atoms with Crippen molar-refractivity contribution < 1.29 is 27.4 Å². The second kappa shape index (κ2) is 3.93. The summed E-state index contributed by atoms with van der Waals surface area (Å²) in [5, 5.41) is 8.74. The molecule has 0 fully saturated rings. The van der Waals surface area contributed by atoms with Crippen molar-refractivity contribution in [2.45, 2.75) is 13.0 Å². The summed E-state index contributed by atoms with van der Waals surface area (Å²) >= 11 is 0. The largest absolute Gasteiger partial charge is 0.573 e. The van der Waals surface area contributed by atoms with Gasteiger partial charge >= 0.3 is 6.36 Å². The van der Waals surface area contributed by atoms with Crippen LogP contribution in [0.5, 0.6) is 5.75 Å². The summed E-state index contributed by atoms with van der Waals surface area (Å²) in [5.41, 5.74) is 4.61. The van der Waals surface area contributed by atoms with Crippen LogP contribution in [0.25, 0.3) is 0 Å². The van der Waals surface area contributed by atoms with Crippen LogP contribution in [0.3, 0.4) is 0 Å². The molecule has 0 heterocycles. The van der Waals surface area contributed by atoms with E-state index in [1.165, 1.54) is 0 Å². The van der Waals surface area contributed by atoms with Crippen LogP contribution in [0, 0.1) is 5.82 Å². The molecular formula is C8H7F4NO2. The Balaban J connectivity index is 3.15. The number of benzene rings is 1. The Morgan fingerprint density at radius 1 is 1.33 bits per heavy atom. The van der Waals surface area contributed by atoms with E-state index in [9.17, 15) is 17.6 Å². The first-order valence-electron chi connectivity index (χ1n) is 3.78. The Morgan fingerprint density at radius 2 is 1.93 bits per heavy atom. The highest BCUT2D eigenvalue weighted by molar-refractivity contribution is 5.54. The number of alkyl halides is 3. The molecule has 0 spiro atoms. The fraction of sp³-hybridized carbons (Fsp3) is 0.250. The van der Waals surface area contributed by atoms with Gasteiger partial charge < -0.3 is 15.6 Å². The van der Waals surface area contributed by atoms with E-state index in [-0.39, 0.29) is 11.3 Å². The van der Waals surface area contributed by atoms with Crippen molar-refractivity contribution in [1.29, 1.82) is 0 Å². The number of aliphatic hydroxyl groups is 1. The topological polar surface area (TPSA) is 55.5 Å². The van der Waals surface area contributed by atoms with Crippen molar-refractivity contribution in [3.63, 3.8) is 0 Å².